The van der Waals surface area contributed by atoms with E-state index in [1.165, 1.54) is 0 Å². The maximum Gasteiger partial charge on any atom is 0.338 e. The highest BCUT2D eigenvalue weighted by Crippen LogP contribution is 2.20. The Balaban J connectivity index is 1.74. The topological polar surface area (TPSA) is 65.2 Å². The van der Waals surface area contributed by atoms with Gasteiger partial charge in [0.1, 0.15) is 6.61 Å². The van der Waals surface area contributed by atoms with Gasteiger partial charge in [0, 0.05) is 17.4 Å². The lowest BCUT2D eigenvalue weighted by atomic mass is 10.1. The van der Waals surface area contributed by atoms with Gasteiger partial charge in [-0.2, -0.15) is 0 Å². The Morgan fingerprint density at radius 1 is 1.29 bits per heavy atom. The van der Waals surface area contributed by atoms with Gasteiger partial charge in [-0.05, 0) is 29.6 Å². The number of rotatable bonds is 4. The third kappa shape index (κ3) is 3.17. The van der Waals surface area contributed by atoms with Crippen molar-refractivity contribution in [2.75, 3.05) is 0 Å². The molecule has 0 saturated carbocycles. The van der Waals surface area contributed by atoms with E-state index >= 15 is 0 Å². The molecule has 2 heterocycles. The first-order chi connectivity index (χ1) is 10.2. The van der Waals surface area contributed by atoms with Gasteiger partial charge in [0.25, 0.3) is 0 Å². The molecule has 2 aromatic heterocycles. The van der Waals surface area contributed by atoms with Crippen LogP contribution in [0.5, 0.6) is 0 Å². The van der Waals surface area contributed by atoms with E-state index in [0.29, 0.717) is 22.9 Å². The molecule has 1 aromatic carbocycles. The predicted molar refractivity (Wildman–Crippen MR) is 77.9 cm³/mol. The number of aryl methyl sites for hydroxylation is 1. The molecule has 0 radical (unpaired) electrons. The summed E-state index contributed by atoms with van der Waals surface area (Å²) < 4.78 is 10.6. The van der Waals surface area contributed by atoms with E-state index in [-0.39, 0.29) is 12.6 Å². The van der Waals surface area contributed by atoms with Crippen LogP contribution in [0.3, 0.4) is 0 Å². The Morgan fingerprint density at radius 2 is 2.19 bits per heavy atom. The lowest BCUT2D eigenvalue weighted by Gasteiger charge is -2.04. The third-order valence-corrected chi connectivity index (χ3v) is 3.65. The Bertz CT molecular complexity index is 750. The van der Waals surface area contributed by atoms with E-state index in [9.17, 15) is 4.79 Å². The first-order valence-electron chi connectivity index (χ1n) is 6.32. The van der Waals surface area contributed by atoms with Crippen LogP contribution in [-0.2, 0) is 11.3 Å². The number of esters is 1. The zero-order chi connectivity index (χ0) is 14.7. The van der Waals surface area contributed by atoms with Crippen molar-refractivity contribution in [2.24, 2.45) is 0 Å². The Kier molecular flexibility index (Phi) is 3.79. The monoisotopic (exact) mass is 300 g/mol. The number of benzene rings is 1. The van der Waals surface area contributed by atoms with Crippen LogP contribution >= 0.6 is 11.3 Å². The van der Waals surface area contributed by atoms with Crippen LogP contribution in [0.2, 0.25) is 0 Å². The van der Waals surface area contributed by atoms with Crippen molar-refractivity contribution in [1.82, 2.24) is 10.2 Å². The van der Waals surface area contributed by atoms with Gasteiger partial charge in [0.05, 0.1) is 5.56 Å². The zero-order valence-electron chi connectivity index (χ0n) is 11.3. The van der Waals surface area contributed by atoms with Crippen molar-refractivity contribution in [3.8, 4) is 11.5 Å². The standard InChI is InChI=1S/C15H12N2O3S/c1-10-16-17-14(20-10)11-4-2-5-12(8-11)15(18)19-9-13-6-3-7-21-13/h2-8H,9H2,1H3. The molecule has 3 aromatic rings. The molecular weight excluding hydrogens is 288 g/mol. The smallest absolute Gasteiger partial charge is 0.338 e. The summed E-state index contributed by atoms with van der Waals surface area (Å²) in [4.78, 5) is 13.1. The second-order valence-electron chi connectivity index (χ2n) is 4.36. The molecular formula is C15H12N2O3S. The van der Waals surface area contributed by atoms with Crippen LogP contribution in [-0.4, -0.2) is 16.2 Å². The summed E-state index contributed by atoms with van der Waals surface area (Å²) in [5.41, 5.74) is 1.15. The second-order valence-corrected chi connectivity index (χ2v) is 5.39. The molecule has 106 valence electrons. The fraction of sp³-hybridized carbons (Fsp3) is 0.133. The minimum atomic E-state index is -0.374. The Labute approximate surface area is 125 Å². The van der Waals surface area contributed by atoms with Crippen LogP contribution in [0.25, 0.3) is 11.5 Å². The number of hydrogen-bond donors (Lipinski definition) is 0. The van der Waals surface area contributed by atoms with E-state index < -0.39 is 0 Å². The van der Waals surface area contributed by atoms with Gasteiger partial charge >= 0.3 is 5.97 Å². The lowest BCUT2D eigenvalue weighted by molar-refractivity contribution is 0.0477. The number of carbonyl (C=O) groups excluding carboxylic acids is 1. The molecule has 0 N–H and O–H groups in total. The van der Waals surface area contributed by atoms with Crippen molar-refractivity contribution < 1.29 is 13.9 Å². The zero-order valence-corrected chi connectivity index (χ0v) is 12.1. The van der Waals surface area contributed by atoms with Crippen molar-refractivity contribution in [1.29, 1.82) is 0 Å². The summed E-state index contributed by atoms with van der Waals surface area (Å²) in [5, 5.41) is 9.66. The van der Waals surface area contributed by atoms with Gasteiger partial charge in [0.2, 0.25) is 11.8 Å². The summed E-state index contributed by atoms with van der Waals surface area (Å²) >= 11 is 1.55. The molecule has 0 atom stereocenters. The second kappa shape index (κ2) is 5.88. The number of carbonyl (C=O) groups is 1. The van der Waals surface area contributed by atoms with Crippen LogP contribution < -0.4 is 0 Å². The van der Waals surface area contributed by atoms with Crippen LogP contribution in [0.4, 0.5) is 0 Å². The van der Waals surface area contributed by atoms with Crippen molar-refractivity contribution in [3.63, 3.8) is 0 Å². The largest absolute Gasteiger partial charge is 0.456 e. The fourth-order valence-electron chi connectivity index (χ4n) is 1.81. The van der Waals surface area contributed by atoms with Crippen LogP contribution in [0.1, 0.15) is 21.1 Å². The molecule has 0 aliphatic carbocycles. The molecule has 0 fully saturated rings. The summed E-state index contributed by atoms with van der Waals surface area (Å²) in [6, 6.07) is 10.8. The maximum atomic E-state index is 12.0. The van der Waals surface area contributed by atoms with E-state index in [1.807, 2.05) is 23.6 Å². The fourth-order valence-corrected chi connectivity index (χ4v) is 2.42. The summed E-state index contributed by atoms with van der Waals surface area (Å²) in [5.74, 6) is 0.498. The highest BCUT2D eigenvalue weighted by Gasteiger charge is 2.12. The number of aromatic nitrogens is 2. The van der Waals surface area contributed by atoms with Crippen LogP contribution in [0.15, 0.2) is 46.2 Å². The highest BCUT2D eigenvalue weighted by atomic mass is 32.1. The van der Waals surface area contributed by atoms with Gasteiger partial charge in [-0.1, -0.05) is 12.1 Å². The first-order valence-corrected chi connectivity index (χ1v) is 7.20. The molecule has 0 aliphatic rings. The van der Waals surface area contributed by atoms with E-state index in [4.69, 9.17) is 9.15 Å². The average molecular weight is 300 g/mol. The molecule has 21 heavy (non-hydrogen) atoms. The average Bonchev–Trinajstić information content (AvgIpc) is 3.16. The molecule has 0 spiro atoms. The van der Waals surface area contributed by atoms with Crippen molar-refractivity contribution >= 4 is 17.3 Å². The van der Waals surface area contributed by atoms with Gasteiger partial charge < -0.3 is 9.15 Å². The normalized spacial score (nSPS) is 10.5. The maximum absolute atomic E-state index is 12.0. The SMILES string of the molecule is Cc1nnc(-c2cccc(C(=O)OCc3cccs3)c2)o1. The van der Waals surface area contributed by atoms with Crippen molar-refractivity contribution in [2.45, 2.75) is 13.5 Å². The lowest BCUT2D eigenvalue weighted by Crippen LogP contribution is -2.04. The Morgan fingerprint density at radius 3 is 2.90 bits per heavy atom. The molecule has 6 heteroatoms. The van der Waals surface area contributed by atoms with Crippen LogP contribution in [0, 0.1) is 6.92 Å². The molecule has 0 bridgehead atoms. The first kappa shape index (κ1) is 13.5. The number of hydrogen-bond acceptors (Lipinski definition) is 6. The van der Waals surface area contributed by atoms with Gasteiger partial charge in [-0.3, -0.25) is 0 Å². The van der Waals surface area contributed by atoms with E-state index in [1.54, 1.807) is 36.5 Å². The molecule has 0 aliphatic heterocycles. The summed E-state index contributed by atoms with van der Waals surface area (Å²) in [7, 11) is 0. The van der Waals surface area contributed by atoms with E-state index in [0.717, 1.165) is 4.88 Å². The molecule has 3 rings (SSSR count). The quantitative estimate of drug-likeness (QED) is 0.690. The Hall–Kier alpha value is -2.47. The minimum Gasteiger partial charge on any atom is -0.456 e. The van der Waals surface area contributed by atoms with Crippen molar-refractivity contribution in [3.05, 3.63) is 58.1 Å². The number of nitrogens with zero attached hydrogens (tertiary/aromatic N) is 2. The molecule has 5 nitrogen and oxygen atoms in total. The van der Waals surface area contributed by atoms with E-state index in [2.05, 4.69) is 10.2 Å². The molecule has 0 saturated heterocycles. The highest BCUT2D eigenvalue weighted by molar-refractivity contribution is 7.09. The van der Waals surface area contributed by atoms with Gasteiger partial charge in [-0.15, -0.1) is 21.5 Å². The molecule has 0 amide bonds. The van der Waals surface area contributed by atoms with Gasteiger partial charge in [0.15, 0.2) is 0 Å². The van der Waals surface area contributed by atoms with Gasteiger partial charge in [-0.25, -0.2) is 4.79 Å². The summed E-state index contributed by atoms with van der Waals surface area (Å²) in [6.45, 7) is 2.00. The third-order valence-electron chi connectivity index (χ3n) is 2.80. The molecule has 0 unspecified atom stereocenters. The number of ether oxygens (including phenoxy) is 1. The number of thiophene rings is 1. The predicted octanol–water partition coefficient (Wildman–Crippen LogP) is 3.46. The summed E-state index contributed by atoms with van der Waals surface area (Å²) in [6.07, 6.45) is 0. The minimum absolute atomic E-state index is 0.278.